The van der Waals surface area contributed by atoms with Crippen LogP contribution in [0.15, 0.2) is 30.5 Å². The van der Waals surface area contributed by atoms with Crippen molar-refractivity contribution in [3.8, 4) is 11.1 Å². The summed E-state index contributed by atoms with van der Waals surface area (Å²) in [5, 5.41) is 21.2. The normalized spacial score (nSPS) is 19.9. The van der Waals surface area contributed by atoms with Crippen molar-refractivity contribution in [3.63, 3.8) is 0 Å². The Bertz CT molecular complexity index is 1060. The summed E-state index contributed by atoms with van der Waals surface area (Å²) in [6, 6.07) is 7.32. The SMILES string of the molecule is O[C@H]1CC[C@H](Nc2ccc(-c3ccn4c(CC(F)(F)F)nnc4c3Cl)cc2Cl)CC1. The van der Waals surface area contributed by atoms with Gasteiger partial charge in [-0.15, -0.1) is 10.2 Å². The molecule has 0 aliphatic heterocycles. The zero-order valence-electron chi connectivity index (χ0n) is 15.8. The maximum absolute atomic E-state index is 12.7. The molecule has 1 fully saturated rings. The number of nitrogens with one attached hydrogen (secondary N) is 1. The highest BCUT2D eigenvalue weighted by Crippen LogP contribution is 2.36. The summed E-state index contributed by atoms with van der Waals surface area (Å²) in [7, 11) is 0. The van der Waals surface area contributed by atoms with Gasteiger partial charge in [-0.05, 0) is 49.4 Å². The Labute approximate surface area is 180 Å². The summed E-state index contributed by atoms with van der Waals surface area (Å²) in [5.74, 6) is -0.221. The number of hydrogen-bond donors (Lipinski definition) is 2. The number of aliphatic hydroxyl groups excluding tert-OH is 1. The van der Waals surface area contributed by atoms with Gasteiger partial charge in [0.25, 0.3) is 0 Å². The molecule has 1 aliphatic carbocycles. The highest BCUT2D eigenvalue weighted by atomic mass is 35.5. The van der Waals surface area contributed by atoms with E-state index in [0.29, 0.717) is 10.6 Å². The molecule has 4 rings (SSSR count). The molecule has 1 aromatic carbocycles. The van der Waals surface area contributed by atoms with Crippen molar-refractivity contribution in [1.82, 2.24) is 14.6 Å². The first-order valence-electron chi connectivity index (χ1n) is 9.54. The molecule has 2 N–H and O–H groups in total. The van der Waals surface area contributed by atoms with Crippen molar-refractivity contribution in [1.29, 1.82) is 0 Å². The standard InChI is InChI=1S/C20H19Cl2F3N4O/c21-15-9-11(1-6-16(15)26-12-2-4-13(30)5-3-12)14-7-8-29-17(10-20(23,24)25)27-28-19(29)18(14)22/h1,6-9,12-13,26,30H,2-5,10H2/t12-,13-. The highest BCUT2D eigenvalue weighted by molar-refractivity contribution is 6.36. The fourth-order valence-electron chi connectivity index (χ4n) is 3.74. The van der Waals surface area contributed by atoms with Crippen LogP contribution in [-0.4, -0.2) is 38.0 Å². The summed E-state index contributed by atoms with van der Waals surface area (Å²) in [4.78, 5) is 0. The molecule has 30 heavy (non-hydrogen) atoms. The van der Waals surface area contributed by atoms with Crippen molar-refractivity contribution in [2.45, 2.75) is 50.4 Å². The molecular formula is C20H19Cl2F3N4O. The molecule has 10 heteroatoms. The average molecular weight is 459 g/mol. The molecule has 0 saturated heterocycles. The largest absolute Gasteiger partial charge is 0.396 e. The Morgan fingerprint density at radius 1 is 1.10 bits per heavy atom. The molecule has 0 unspecified atom stereocenters. The summed E-state index contributed by atoms with van der Waals surface area (Å²) in [5.41, 5.74) is 2.27. The molecular weight excluding hydrogens is 440 g/mol. The Balaban J connectivity index is 1.59. The lowest BCUT2D eigenvalue weighted by molar-refractivity contribution is -0.128. The first-order chi connectivity index (χ1) is 14.2. The van der Waals surface area contributed by atoms with Gasteiger partial charge in [0.15, 0.2) is 5.65 Å². The maximum Gasteiger partial charge on any atom is 0.396 e. The van der Waals surface area contributed by atoms with Crippen molar-refractivity contribution >= 4 is 34.5 Å². The van der Waals surface area contributed by atoms with E-state index in [1.165, 1.54) is 10.6 Å². The van der Waals surface area contributed by atoms with Crippen molar-refractivity contribution in [2.24, 2.45) is 0 Å². The minimum absolute atomic E-state index is 0.160. The van der Waals surface area contributed by atoms with Crippen LogP contribution in [0.1, 0.15) is 31.5 Å². The zero-order chi connectivity index (χ0) is 21.5. The number of nitrogens with zero attached hydrogens (tertiary/aromatic N) is 3. The van der Waals surface area contributed by atoms with Crippen LogP contribution in [0.4, 0.5) is 18.9 Å². The zero-order valence-corrected chi connectivity index (χ0v) is 17.3. The minimum Gasteiger partial charge on any atom is -0.393 e. The molecule has 0 radical (unpaired) electrons. The maximum atomic E-state index is 12.7. The van der Waals surface area contributed by atoms with E-state index in [1.54, 1.807) is 12.1 Å². The number of alkyl halides is 3. The summed E-state index contributed by atoms with van der Waals surface area (Å²) >= 11 is 12.9. The summed E-state index contributed by atoms with van der Waals surface area (Å²) in [6.07, 6.45) is -1.06. The van der Waals surface area contributed by atoms with Gasteiger partial charge in [-0.2, -0.15) is 13.2 Å². The summed E-state index contributed by atoms with van der Waals surface area (Å²) in [6.45, 7) is 0. The van der Waals surface area contributed by atoms with Crippen LogP contribution < -0.4 is 5.32 Å². The number of aliphatic hydroxyl groups is 1. The molecule has 0 atom stereocenters. The van der Waals surface area contributed by atoms with Crippen molar-refractivity contribution < 1.29 is 18.3 Å². The molecule has 2 aromatic heterocycles. The van der Waals surface area contributed by atoms with Gasteiger partial charge in [0.05, 0.1) is 21.8 Å². The van der Waals surface area contributed by atoms with Crippen LogP contribution >= 0.6 is 23.2 Å². The third-order valence-corrected chi connectivity index (χ3v) is 5.97. The number of aromatic nitrogens is 3. The molecule has 3 aromatic rings. The topological polar surface area (TPSA) is 62.5 Å². The predicted molar refractivity (Wildman–Crippen MR) is 110 cm³/mol. The third-order valence-electron chi connectivity index (χ3n) is 5.28. The second-order valence-electron chi connectivity index (χ2n) is 7.49. The lowest BCUT2D eigenvalue weighted by atomic mass is 9.93. The van der Waals surface area contributed by atoms with E-state index in [-0.39, 0.29) is 28.6 Å². The van der Waals surface area contributed by atoms with Crippen LogP contribution in [0.5, 0.6) is 0 Å². The molecule has 1 saturated carbocycles. The summed E-state index contributed by atoms with van der Waals surface area (Å²) < 4.78 is 39.4. The van der Waals surface area contributed by atoms with Crippen molar-refractivity contribution in [3.05, 3.63) is 46.3 Å². The molecule has 2 heterocycles. The minimum atomic E-state index is -4.39. The number of pyridine rings is 1. The Morgan fingerprint density at radius 3 is 2.50 bits per heavy atom. The fraction of sp³-hybridized carbons (Fsp3) is 0.400. The molecule has 0 spiro atoms. The third kappa shape index (κ3) is 4.50. The monoisotopic (exact) mass is 458 g/mol. The average Bonchev–Trinajstić information content (AvgIpc) is 3.07. The number of hydrogen-bond acceptors (Lipinski definition) is 4. The second kappa shape index (κ2) is 8.24. The van der Waals surface area contributed by atoms with Gasteiger partial charge in [0, 0.05) is 17.8 Å². The predicted octanol–water partition coefficient (Wildman–Crippen LogP) is 5.52. The number of fused-ring (bicyclic) bond motifs is 1. The van der Waals surface area contributed by atoms with Gasteiger partial charge in [0.1, 0.15) is 12.2 Å². The van der Waals surface area contributed by atoms with Gasteiger partial charge < -0.3 is 10.4 Å². The lowest BCUT2D eigenvalue weighted by Crippen LogP contribution is -2.28. The number of anilines is 1. The first-order valence-corrected chi connectivity index (χ1v) is 10.3. The second-order valence-corrected chi connectivity index (χ2v) is 8.27. The first kappa shape index (κ1) is 21.2. The van der Waals surface area contributed by atoms with Gasteiger partial charge >= 0.3 is 6.18 Å². The number of halogens is 5. The fourth-order valence-corrected chi connectivity index (χ4v) is 4.27. The van der Waals surface area contributed by atoms with Gasteiger partial charge in [0.2, 0.25) is 0 Å². The van der Waals surface area contributed by atoms with Gasteiger partial charge in [-0.3, -0.25) is 4.40 Å². The molecule has 160 valence electrons. The number of benzene rings is 1. The van der Waals surface area contributed by atoms with Crippen LogP contribution in [0.2, 0.25) is 10.0 Å². The number of rotatable bonds is 4. The molecule has 0 amide bonds. The highest BCUT2D eigenvalue weighted by Gasteiger charge is 2.31. The molecule has 1 aliphatic rings. The van der Waals surface area contributed by atoms with Crippen LogP contribution in [0.3, 0.4) is 0 Å². The van der Waals surface area contributed by atoms with E-state index < -0.39 is 12.6 Å². The van der Waals surface area contributed by atoms with E-state index in [2.05, 4.69) is 15.5 Å². The lowest BCUT2D eigenvalue weighted by Gasteiger charge is -2.27. The Morgan fingerprint density at radius 2 is 1.83 bits per heavy atom. The van der Waals surface area contributed by atoms with E-state index in [4.69, 9.17) is 23.2 Å². The van der Waals surface area contributed by atoms with Crippen LogP contribution in [-0.2, 0) is 6.42 Å². The van der Waals surface area contributed by atoms with Crippen molar-refractivity contribution in [2.75, 3.05) is 5.32 Å². The van der Waals surface area contributed by atoms with Gasteiger partial charge in [-0.25, -0.2) is 0 Å². The van der Waals surface area contributed by atoms with Crippen LogP contribution in [0, 0.1) is 0 Å². The quantitative estimate of drug-likeness (QED) is 0.539. The van der Waals surface area contributed by atoms with E-state index in [9.17, 15) is 18.3 Å². The molecule has 5 nitrogen and oxygen atoms in total. The molecule has 0 bridgehead atoms. The Kier molecular flexibility index (Phi) is 5.83. The smallest absolute Gasteiger partial charge is 0.393 e. The van der Waals surface area contributed by atoms with E-state index >= 15 is 0 Å². The Hall–Kier alpha value is -2.03. The van der Waals surface area contributed by atoms with Crippen LogP contribution in [0.25, 0.3) is 16.8 Å². The van der Waals surface area contributed by atoms with E-state index in [1.807, 2.05) is 12.1 Å². The van der Waals surface area contributed by atoms with Gasteiger partial charge in [-0.1, -0.05) is 29.3 Å². The van der Waals surface area contributed by atoms with E-state index in [0.717, 1.165) is 36.9 Å².